The minimum Gasteiger partial charge on any atom is -0.300 e. The van der Waals surface area contributed by atoms with Crippen LogP contribution in [0.1, 0.15) is 60.3 Å². The van der Waals surface area contributed by atoms with Crippen LogP contribution in [0.4, 0.5) is 0 Å². The Morgan fingerprint density at radius 1 is 1.00 bits per heavy atom. The van der Waals surface area contributed by atoms with E-state index in [1.807, 2.05) is 6.92 Å². The third-order valence-electron chi connectivity index (χ3n) is 1.68. The summed E-state index contributed by atoms with van der Waals surface area (Å²) >= 11 is 0. The lowest BCUT2D eigenvalue weighted by molar-refractivity contribution is -0.118. The van der Waals surface area contributed by atoms with E-state index in [4.69, 9.17) is 0 Å². The first kappa shape index (κ1) is 15.8. The first-order valence-corrected chi connectivity index (χ1v) is 5.39. The minimum absolute atomic E-state index is 0.289. The van der Waals surface area contributed by atoms with Crippen molar-refractivity contribution in [1.82, 2.24) is 0 Å². The topological polar surface area (TPSA) is 34.1 Å². The van der Waals surface area contributed by atoms with Crippen LogP contribution in [-0.2, 0) is 9.59 Å². The molecule has 0 unspecified atom stereocenters. The summed E-state index contributed by atoms with van der Waals surface area (Å²) in [7, 11) is 0. The van der Waals surface area contributed by atoms with Gasteiger partial charge in [0.1, 0.15) is 11.6 Å². The number of hydrogen-bond acceptors (Lipinski definition) is 2. The number of Topliss-reactive ketones (excluding diaryl/α,β-unsaturated/α-hetero) is 2. The number of carbonyl (C=O) groups is 2. The Morgan fingerprint density at radius 3 is 1.50 bits per heavy atom. The average Bonchev–Trinajstić information content (AvgIpc) is 2.01. The van der Waals surface area contributed by atoms with Gasteiger partial charge in [-0.25, -0.2) is 0 Å². The van der Waals surface area contributed by atoms with E-state index < -0.39 is 0 Å². The number of carbonyl (C=O) groups excluding carboxylic acids is 2. The van der Waals surface area contributed by atoms with Crippen molar-refractivity contribution < 1.29 is 9.59 Å². The second kappa shape index (κ2) is 10.4. The molecule has 0 aliphatic heterocycles. The Kier molecular flexibility index (Phi) is 11.8. The largest absolute Gasteiger partial charge is 0.300 e. The molecule has 0 atom stereocenters. The molecule has 0 fully saturated rings. The summed E-state index contributed by atoms with van der Waals surface area (Å²) in [4.78, 5) is 20.4. The molecular formula is C12H24O2. The molecule has 2 nitrogen and oxygen atoms in total. The summed E-state index contributed by atoms with van der Waals surface area (Å²) in [5.41, 5.74) is 0. The van der Waals surface area contributed by atoms with Crippen LogP contribution in [0.25, 0.3) is 0 Å². The fraction of sp³-hybridized carbons (Fsp3) is 0.833. The van der Waals surface area contributed by atoms with Gasteiger partial charge < -0.3 is 9.59 Å². The van der Waals surface area contributed by atoms with Crippen molar-refractivity contribution >= 4 is 11.6 Å². The normalized spacial score (nSPS) is 9.29. The van der Waals surface area contributed by atoms with Gasteiger partial charge in [-0.1, -0.05) is 20.8 Å². The number of ketones is 2. The smallest absolute Gasteiger partial charge is 0.129 e. The van der Waals surface area contributed by atoms with Crippen molar-refractivity contribution in [2.24, 2.45) is 5.92 Å². The van der Waals surface area contributed by atoms with Gasteiger partial charge in [0.05, 0.1) is 0 Å². The molecule has 0 aliphatic carbocycles. The lowest BCUT2D eigenvalue weighted by Gasteiger charge is -1.98. The Labute approximate surface area is 88.1 Å². The summed E-state index contributed by atoms with van der Waals surface area (Å²) in [6.07, 6.45) is 3.50. The Bertz CT molecular complexity index is 160. The van der Waals surface area contributed by atoms with E-state index in [1.54, 1.807) is 13.8 Å². The molecule has 0 rings (SSSR count). The maximum Gasteiger partial charge on any atom is 0.129 e. The highest BCUT2D eigenvalue weighted by atomic mass is 16.1. The fourth-order valence-electron chi connectivity index (χ4n) is 0.844. The summed E-state index contributed by atoms with van der Waals surface area (Å²) in [5.74, 6) is 1.26. The molecule has 0 saturated heterocycles. The van der Waals surface area contributed by atoms with Crippen molar-refractivity contribution in [1.29, 1.82) is 0 Å². The molecule has 0 radical (unpaired) electrons. The molecule has 14 heavy (non-hydrogen) atoms. The quantitative estimate of drug-likeness (QED) is 0.681. The molecule has 2 heteroatoms. The number of hydrogen-bond donors (Lipinski definition) is 0. The molecule has 0 aliphatic rings. The van der Waals surface area contributed by atoms with Crippen LogP contribution >= 0.6 is 0 Å². The molecule has 0 amide bonds. The standard InChI is InChI=1S/C7H14O.C5H10O/c1-6(2)4-5-7(3)8;1-3-4-5(2)6/h6H,4-5H2,1-3H3;3-4H2,1-2H3. The highest BCUT2D eigenvalue weighted by Gasteiger charge is 1.95. The highest BCUT2D eigenvalue weighted by molar-refractivity contribution is 5.75. The first-order chi connectivity index (χ1) is 6.40. The fourth-order valence-corrected chi connectivity index (χ4v) is 0.844. The van der Waals surface area contributed by atoms with E-state index in [9.17, 15) is 9.59 Å². The van der Waals surface area contributed by atoms with E-state index in [1.165, 1.54) is 0 Å². The van der Waals surface area contributed by atoms with E-state index in [0.29, 0.717) is 11.7 Å². The Morgan fingerprint density at radius 2 is 1.43 bits per heavy atom. The summed E-state index contributed by atoms with van der Waals surface area (Å²) < 4.78 is 0. The van der Waals surface area contributed by atoms with Gasteiger partial charge in [0, 0.05) is 12.8 Å². The van der Waals surface area contributed by atoms with Crippen LogP contribution in [-0.4, -0.2) is 11.6 Å². The molecule has 0 aromatic heterocycles. The van der Waals surface area contributed by atoms with E-state index in [2.05, 4.69) is 13.8 Å². The van der Waals surface area contributed by atoms with Gasteiger partial charge in [0.25, 0.3) is 0 Å². The molecule has 0 heterocycles. The summed E-state index contributed by atoms with van der Waals surface area (Å²) in [6.45, 7) is 9.51. The molecular weight excluding hydrogens is 176 g/mol. The Balaban J connectivity index is 0. The van der Waals surface area contributed by atoms with Crippen LogP contribution in [0.15, 0.2) is 0 Å². The lowest BCUT2D eigenvalue weighted by Crippen LogP contribution is -1.93. The zero-order chi connectivity index (χ0) is 11.6. The minimum atomic E-state index is 0.289. The highest BCUT2D eigenvalue weighted by Crippen LogP contribution is 2.02. The monoisotopic (exact) mass is 200 g/mol. The van der Waals surface area contributed by atoms with Crippen LogP contribution in [0.3, 0.4) is 0 Å². The lowest BCUT2D eigenvalue weighted by atomic mass is 10.1. The first-order valence-electron chi connectivity index (χ1n) is 5.39. The molecule has 0 aromatic carbocycles. The van der Waals surface area contributed by atoms with Gasteiger partial charge in [-0.3, -0.25) is 0 Å². The van der Waals surface area contributed by atoms with Gasteiger partial charge in [-0.2, -0.15) is 0 Å². The van der Waals surface area contributed by atoms with Gasteiger partial charge in [0.2, 0.25) is 0 Å². The molecule has 0 N–H and O–H groups in total. The number of rotatable bonds is 5. The third kappa shape index (κ3) is 22.5. The van der Waals surface area contributed by atoms with Gasteiger partial charge in [-0.15, -0.1) is 0 Å². The molecule has 0 spiro atoms. The van der Waals surface area contributed by atoms with Gasteiger partial charge >= 0.3 is 0 Å². The van der Waals surface area contributed by atoms with E-state index in [-0.39, 0.29) is 5.78 Å². The second-order valence-corrected chi connectivity index (χ2v) is 4.09. The molecule has 84 valence electrons. The molecule has 0 bridgehead atoms. The van der Waals surface area contributed by atoms with Crippen molar-refractivity contribution in [3.63, 3.8) is 0 Å². The van der Waals surface area contributed by atoms with Crippen molar-refractivity contribution in [3.05, 3.63) is 0 Å². The maximum absolute atomic E-state index is 10.3. The summed E-state index contributed by atoms with van der Waals surface area (Å²) in [5, 5.41) is 0. The van der Waals surface area contributed by atoms with Gasteiger partial charge in [-0.05, 0) is 32.6 Å². The molecule has 0 aromatic rings. The van der Waals surface area contributed by atoms with Crippen LogP contribution in [0, 0.1) is 5.92 Å². The second-order valence-electron chi connectivity index (χ2n) is 4.09. The van der Waals surface area contributed by atoms with Crippen LogP contribution < -0.4 is 0 Å². The van der Waals surface area contributed by atoms with Gasteiger partial charge in [0.15, 0.2) is 0 Å². The van der Waals surface area contributed by atoms with Crippen molar-refractivity contribution in [2.45, 2.75) is 60.3 Å². The predicted octanol–water partition coefficient (Wildman–Crippen LogP) is 3.39. The Hall–Kier alpha value is -0.660. The van der Waals surface area contributed by atoms with E-state index in [0.717, 1.165) is 25.7 Å². The van der Waals surface area contributed by atoms with Crippen LogP contribution in [0.5, 0.6) is 0 Å². The average molecular weight is 200 g/mol. The van der Waals surface area contributed by atoms with Crippen LogP contribution in [0.2, 0.25) is 0 Å². The van der Waals surface area contributed by atoms with E-state index >= 15 is 0 Å². The summed E-state index contributed by atoms with van der Waals surface area (Å²) in [6, 6.07) is 0. The zero-order valence-corrected chi connectivity index (χ0v) is 10.2. The molecule has 0 saturated carbocycles. The van der Waals surface area contributed by atoms with Crippen molar-refractivity contribution in [3.8, 4) is 0 Å². The zero-order valence-electron chi connectivity index (χ0n) is 10.2. The predicted molar refractivity (Wildman–Crippen MR) is 60.3 cm³/mol. The third-order valence-corrected chi connectivity index (χ3v) is 1.68. The maximum atomic E-state index is 10.3. The van der Waals surface area contributed by atoms with Crippen molar-refractivity contribution in [2.75, 3.05) is 0 Å². The SMILES string of the molecule is CC(=O)CCC(C)C.CCCC(C)=O.